The molecule has 2 saturated heterocycles. The number of likely N-dealkylation sites (N-methyl/N-ethyl adjacent to an activating group) is 1. The van der Waals surface area contributed by atoms with Crippen LogP contribution in [0.25, 0.3) is 16.5 Å². The third kappa shape index (κ3) is 6.67. The molecule has 37 heavy (non-hydrogen) atoms. The van der Waals surface area contributed by atoms with Gasteiger partial charge in [-0.1, -0.05) is 30.7 Å². The molecule has 2 aliphatic rings. The van der Waals surface area contributed by atoms with Gasteiger partial charge >= 0.3 is 0 Å². The van der Waals surface area contributed by atoms with E-state index >= 15 is 0 Å². The van der Waals surface area contributed by atoms with Crippen LogP contribution in [0.2, 0.25) is 0 Å². The second kappa shape index (κ2) is 12.3. The highest BCUT2D eigenvalue weighted by atomic mass is 32.2. The molecule has 2 fully saturated rings. The Morgan fingerprint density at radius 1 is 1.14 bits per heavy atom. The van der Waals surface area contributed by atoms with Crippen molar-refractivity contribution in [1.82, 2.24) is 10.8 Å². The van der Waals surface area contributed by atoms with Gasteiger partial charge in [0.1, 0.15) is 4.75 Å². The smallest absolute Gasteiger partial charge is 0.245 e. The Morgan fingerprint density at radius 3 is 2.65 bits per heavy atom. The Kier molecular flexibility index (Phi) is 9.17. The first-order valence-electron chi connectivity index (χ1n) is 12.8. The number of sulfone groups is 1. The Labute approximate surface area is 222 Å². The van der Waals surface area contributed by atoms with Gasteiger partial charge in [-0.3, -0.25) is 9.59 Å². The van der Waals surface area contributed by atoms with Crippen LogP contribution in [0.5, 0.6) is 0 Å². The van der Waals surface area contributed by atoms with Crippen LogP contribution >= 0.6 is 11.3 Å². The van der Waals surface area contributed by atoms with E-state index < -0.39 is 26.8 Å². The van der Waals surface area contributed by atoms with Crippen molar-refractivity contribution in [3.8, 4) is 10.4 Å². The molecule has 2 aromatic rings. The van der Waals surface area contributed by atoms with Crippen molar-refractivity contribution >= 4 is 39.1 Å². The molecule has 2 N–H and O–H groups in total. The molecule has 1 unspecified atom stereocenters. The van der Waals surface area contributed by atoms with Gasteiger partial charge in [-0.15, -0.1) is 11.3 Å². The summed E-state index contributed by atoms with van der Waals surface area (Å²) in [6, 6.07) is 11.5. The van der Waals surface area contributed by atoms with Gasteiger partial charge in [0.25, 0.3) is 0 Å². The Bertz CT molecular complexity index is 1220. The number of hydrogen-bond acceptors (Lipinski definition) is 7. The first-order chi connectivity index (χ1) is 17.8. The summed E-state index contributed by atoms with van der Waals surface area (Å²) in [5, 5.41) is 2.72. The zero-order valence-corrected chi connectivity index (χ0v) is 22.7. The van der Waals surface area contributed by atoms with Crippen molar-refractivity contribution in [2.45, 2.75) is 62.9 Å². The summed E-state index contributed by atoms with van der Waals surface area (Å²) in [6.45, 7) is 3.02. The lowest BCUT2D eigenvalue weighted by Crippen LogP contribution is -2.45. The van der Waals surface area contributed by atoms with Crippen molar-refractivity contribution in [1.29, 1.82) is 0 Å². The Morgan fingerprint density at radius 2 is 1.95 bits per heavy atom. The van der Waals surface area contributed by atoms with Crippen LogP contribution in [0.4, 0.5) is 0 Å². The molecule has 1 aromatic carbocycles. The van der Waals surface area contributed by atoms with Gasteiger partial charge < -0.3 is 10.1 Å². The van der Waals surface area contributed by atoms with E-state index in [0.717, 1.165) is 35.3 Å². The number of hydrogen-bond donors (Lipinski definition) is 2. The SMILES string of the molecule is CCNC(=O)C=Cc1ccc(-c2ccc([C@@]3(CC(=O)NOC4CCCCO4)CCCCS3(=O)=O)s2)cc1. The molecule has 0 spiro atoms. The standard InChI is InChI=1S/C27H34N2O6S2/c1-2-28-24(30)15-10-20-8-11-21(12-9-20)22-13-14-23(36-22)27(16-4-6-18-37(27,32)33)19-25(31)29-35-26-7-3-5-17-34-26/h8-15,26H,2-7,16-19H2,1H3,(H,28,30)(H,29,31)/t26?,27-/m0/s1. The molecular formula is C27H34N2O6S2. The average molecular weight is 547 g/mol. The third-order valence-electron chi connectivity index (χ3n) is 6.76. The number of ether oxygens (including phenoxy) is 1. The summed E-state index contributed by atoms with van der Waals surface area (Å²) in [7, 11) is -3.56. The van der Waals surface area contributed by atoms with Crippen molar-refractivity contribution in [3.05, 3.63) is 52.9 Å². The van der Waals surface area contributed by atoms with Crippen LogP contribution in [0.1, 0.15) is 62.3 Å². The van der Waals surface area contributed by atoms with E-state index in [9.17, 15) is 18.0 Å². The van der Waals surface area contributed by atoms with Crippen LogP contribution in [0, 0.1) is 0 Å². The molecule has 2 atom stereocenters. The number of amides is 2. The number of carbonyl (C=O) groups excluding carboxylic acids is 2. The number of carbonyl (C=O) groups is 2. The largest absolute Gasteiger partial charge is 0.353 e. The van der Waals surface area contributed by atoms with Crippen molar-refractivity contribution in [2.75, 3.05) is 18.9 Å². The number of thiophene rings is 1. The Balaban J connectivity index is 1.51. The predicted octanol–water partition coefficient (Wildman–Crippen LogP) is 4.32. The zero-order valence-electron chi connectivity index (χ0n) is 21.0. The van der Waals surface area contributed by atoms with E-state index in [0.29, 0.717) is 37.3 Å². The van der Waals surface area contributed by atoms with Gasteiger partial charge in [-0.05, 0) is 61.9 Å². The van der Waals surface area contributed by atoms with Crippen LogP contribution in [-0.4, -0.2) is 45.4 Å². The molecule has 1 aromatic heterocycles. The van der Waals surface area contributed by atoms with E-state index in [1.807, 2.05) is 43.3 Å². The topological polar surface area (TPSA) is 111 Å². The van der Waals surface area contributed by atoms with E-state index in [-0.39, 0.29) is 18.1 Å². The van der Waals surface area contributed by atoms with Gasteiger partial charge in [0.2, 0.25) is 11.8 Å². The van der Waals surface area contributed by atoms with Crippen LogP contribution in [-0.2, 0) is 33.7 Å². The van der Waals surface area contributed by atoms with E-state index in [1.165, 1.54) is 17.4 Å². The van der Waals surface area contributed by atoms with Gasteiger partial charge in [0.15, 0.2) is 16.1 Å². The van der Waals surface area contributed by atoms with E-state index in [1.54, 1.807) is 6.08 Å². The number of nitrogens with one attached hydrogen (secondary N) is 2. The van der Waals surface area contributed by atoms with Gasteiger partial charge in [0, 0.05) is 35.4 Å². The molecule has 4 rings (SSSR count). The van der Waals surface area contributed by atoms with Crippen LogP contribution in [0.3, 0.4) is 0 Å². The first kappa shape index (κ1) is 27.5. The number of benzene rings is 1. The summed E-state index contributed by atoms with van der Waals surface area (Å²) in [6.07, 6.45) is 6.90. The van der Waals surface area contributed by atoms with Gasteiger partial charge in [-0.2, -0.15) is 0 Å². The summed E-state index contributed by atoms with van der Waals surface area (Å²) in [4.78, 5) is 31.6. The number of rotatable bonds is 9. The third-order valence-corrected chi connectivity index (χ3v) is 10.8. The van der Waals surface area contributed by atoms with Crippen LogP contribution in [0.15, 0.2) is 42.5 Å². The molecule has 0 radical (unpaired) electrons. The minimum Gasteiger partial charge on any atom is -0.353 e. The minimum atomic E-state index is -3.56. The van der Waals surface area contributed by atoms with Crippen molar-refractivity contribution in [2.24, 2.45) is 0 Å². The fourth-order valence-corrected chi connectivity index (χ4v) is 8.53. The van der Waals surface area contributed by atoms with Crippen molar-refractivity contribution < 1.29 is 27.6 Å². The van der Waals surface area contributed by atoms with E-state index in [4.69, 9.17) is 9.57 Å². The fourth-order valence-electron chi connectivity index (χ4n) is 4.75. The average Bonchev–Trinajstić information content (AvgIpc) is 3.39. The lowest BCUT2D eigenvalue weighted by atomic mass is 9.94. The van der Waals surface area contributed by atoms with Crippen LogP contribution < -0.4 is 10.8 Å². The highest BCUT2D eigenvalue weighted by molar-refractivity contribution is 7.92. The molecule has 3 heterocycles. The Hall–Kier alpha value is -2.53. The van der Waals surface area contributed by atoms with Crippen molar-refractivity contribution in [3.63, 3.8) is 0 Å². The molecule has 2 amide bonds. The fraction of sp³-hybridized carbons (Fsp3) is 0.481. The number of hydroxylamine groups is 1. The maximum atomic E-state index is 13.4. The summed E-state index contributed by atoms with van der Waals surface area (Å²) in [5.41, 5.74) is 4.27. The summed E-state index contributed by atoms with van der Waals surface area (Å²) in [5.74, 6) is -0.542. The van der Waals surface area contributed by atoms with E-state index in [2.05, 4.69) is 10.8 Å². The second-order valence-corrected chi connectivity index (χ2v) is 12.9. The molecule has 8 nitrogen and oxygen atoms in total. The zero-order chi connectivity index (χ0) is 26.3. The molecule has 0 aliphatic carbocycles. The second-order valence-electron chi connectivity index (χ2n) is 9.40. The predicted molar refractivity (Wildman–Crippen MR) is 144 cm³/mol. The highest BCUT2D eigenvalue weighted by Crippen LogP contribution is 2.47. The molecule has 10 heteroatoms. The molecule has 2 aliphatic heterocycles. The monoisotopic (exact) mass is 546 g/mol. The lowest BCUT2D eigenvalue weighted by Gasteiger charge is -2.35. The normalized spacial score (nSPS) is 23.5. The molecule has 0 saturated carbocycles. The maximum absolute atomic E-state index is 13.4. The maximum Gasteiger partial charge on any atom is 0.245 e. The van der Waals surface area contributed by atoms with Gasteiger partial charge in [0.05, 0.1) is 12.2 Å². The summed E-state index contributed by atoms with van der Waals surface area (Å²) < 4.78 is 31.1. The molecular weight excluding hydrogens is 512 g/mol. The minimum absolute atomic E-state index is 0.0622. The molecule has 0 bridgehead atoms. The quantitative estimate of drug-likeness (QED) is 0.358. The van der Waals surface area contributed by atoms with Gasteiger partial charge in [-0.25, -0.2) is 18.7 Å². The first-order valence-corrected chi connectivity index (χ1v) is 15.2. The highest BCUT2D eigenvalue weighted by Gasteiger charge is 2.49. The summed E-state index contributed by atoms with van der Waals surface area (Å²) >= 11 is 1.41. The lowest BCUT2D eigenvalue weighted by molar-refractivity contribution is -0.200. The molecule has 200 valence electrons.